The van der Waals surface area contributed by atoms with Gasteiger partial charge in [0.1, 0.15) is 0 Å². The largest absolute Gasteiger partial charge is 0.396 e. The van der Waals surface area contributed by atoms with Crippen molar-refractivity contribution in [2.75, 3.05) is 31.2 Å². The van der Waals surface area contributed by atoms with Crippen LogP contribution in [0.25, 0.3) is 0 Å². The SMILES string of the molecule is OCCCCSCC1CNC1. The molecule has 2 nitrogen and oxygen atoms in total. The summed E-state index contributed by atoms with van der Waals surface area (Å²) in [5, 5.41) is 11.8. The van der Waals surface area contributed by atoms with Gasteiger partial charge < -0.3 is 10.4 Å². The summed E-state index contributed by atoms with van der Waals surface area (Å²) in [6, 6.07) is 0. The molecule has 1 aliphatic rings. The third-order valence-corrected chi connectivity index (χ3v) is 3.20. The zero-order chi connectivity index (χ0) is 7.94. The smallest absolute Gasteiger partial charge is 0.0431 e. The van der Waals surface area contributed by atoms with Gasteiger partial charge in [-0.1, -0.05) is 0 Å². The first-order valence-corrected chi connectivity index (χ1v) is 5.48. The molecule has 1 saturated heterocycles. The van der Waals surface area contributed by atoms with Crippen LogP contribution >= 0.6 is 11.8 Å². The van der Waals surface area contributed by atoms with E-state index >= 15 is 0 Å². The highest BCUT2D eigenvalue weighted by Crippen LogP contribution is 2.13. The predicted molar refractivity (Wildman–Crippen MR) is 50.0 cm³/mol. The minimum atomic E-state index is 0.353. The Bertz CT molecular complexity index is 96.1. The van der Waals surface area contributed by atoms with Crippen molar-refractivity contribution in [3.63, 3.8) is 0 Å². The van der Waals surface area contributed by atoms with Crippen LogP contribution in [-0.2, 0) is 0 Å². The Hall–Kier alpha value is 0.270. The summed E-state index contributed by atoms with van der Waals surface area (Å²) in [7, 11) is 0. The lowest BCUT2D eigenvalue weighted by Crippen LogP contribution is -2.43. The van der Waals surface area contributed by atoms with Gasteiger partial charge in [0.2, 0.25) is 0 Å². The maximum atomic E-state index is 8.51. The maximum absolute atomic E-state index is 8.51. The molecule has 0 spiro atoms. The van der Waals surface area contributed by atoms with E-state index < -0.39 is 0 Å². The van der Waals surface area contributed by atoms with E-state index in [1.807, 2.05) is 11.8 Å². The number of hydrogen-bond acceptors (Lipinski definition) is 3. The van der Waals surface area contributed by atoms with Gasteiger partial charge in [-0.05, 0) is 43.4 Å². The molecule has 0 aromatic carbocycles. The number of rotatable bonds is 6. The lowest BCUT2D eigenvalue weighted by Gasteiger charge is -2.26. The summed E-state index contributed by atoms with van der Waals surface area (Å²) in [6.07, 6.45) is 2.14. The predicted octanol–water partition coefficient (Wildman–Crippen LogP) is 0.711. The van der Waals surface area contributed by atoms with Crippen molar-refractivity contribution in [1.82, 2.24) is 5.32 Å². The summed E-state index contributed by atoms with van der Waals surface area (Å²) < 4.78 is 0. The molecule has 3 heteroatoms. The van der Waals surface area contributed by atoms with Crippen LogP contribution < -0.4 is 5.32 Å². The van der Waals surface area contributed by atoms with Gasteiger partial charge in [-0.3, -0.25) is 0 Å². The van der Waals surface area contributed by atoms with Gasteiger partial charge in [-0.25, -0.2) is 0 Å². The fourth-order valence-electron chi connectivity index (χ4n) is 1.03. The van der Waals surface area contributed by atoms with Gasteiger partial charge in [0, 0.05) is 6.61 Å². The molecule has 0 saturated carbocycles. The first-order chi connectivity index (χ1) is 5.43. The van der Waals surface area contributed by atoms with Crippen LogP contribution in [-0.4, -0.2) is 36.3 Å². The zero-order valence-electron chi connectivity index (χ0n) is 6.88. The summed E-state index contributed by atoms with van der Waals surface area (Å²) in [5.74, 6) is 3.45. The van der Waals surface area contributed by atoms with E-state index in [1.165, 1.54) is 31.0 Å². The molecule has 11 heavy (non-hydrogen) atoms. The standard InChI is InChI=1S/C8H17NOS/c10-3-1-2-4-11-7-8-5-9-6-8/h8-10H,1-7H2. The number of aliphatic hydroxyl groups excluding tert-OH is 1. The van der Waals surface area contributed by atoms with E-state index in [1.54, 1.807) is 0 Å². The molecule has 0 bridgehead atoms. The summed E-state index contributed by atoms with van der Waals surface area (Å²) >= 11 is 2.03. The highest BCUT2D eigenvalue weighted by atomic mass is 32.2. The molecule has 0 aromatic heterocycles. The summed E-state index contributed by atoms with van der Waals surface area (Å²) in [5.41, 5.74) is 0. The topological polar surface area (TPSA) is 32.3 Å². The Kier molecular flexibility index (Phi) is 4.99. The van der Waals surface area contributed by atoms with Crippen LogP contribution in [0, 0.1) is 5.92 Å². The second kappa shape index (κ2) is 5.86. The van der Waals surface area contributed by atoms with Gasteiger partial charge in [-0.15, -0.1) is 0 Å². The molecule has 0 radical (unpaired) electrons. The van der Waals surface area contributed by atoms with Crippen molar-refractivity contribution in [2.45, 2.75) is 12.8 Å². The van der Waals surface area contributed by atoms with Gasteiger partial charge in [0.25, 0.3) is 0 Å². The zero-order valence-corrected chi connectivity index (χ0v) is 7.70. The molecule has 1 heterocycles. The first kappa shape index (κ1) is 9.36. The van der Waals surface area contributed by atoms with Gasteiger partial charge >= 0.3 is 0 Å². The minimum absolute atomic E-state index is 0.353. The van der Waals surface area contributed by atoms with Crippen molar-refractivity contribution >= 4 is 11.8 Å². The lowest BCUT2D eigenvalue weighted by molar-refractivity contribution is 0.287. The van der Waals surface area contributed by atoms with Crippen molar-refractivity contribution in [2.24, 2.45) is 5.92 Å². The Morgan fingerprint density at radius 2 is 2.18 bits per heavy atom. The van der Waals surface area contributed by atoms with Gasteiger partial charge in [0.15, 0.2) is 0 Å². The van der Waals surface area contributed by atoms with E-state index in [0.29, 0.717) is 6.61 Å². The average Bonchev–Trinajstić information content (AvgIpc) is 1.93. The van der Waals surface area contributed by atoms with E-state index in [4.69, 9.17) is 5.11 Å². The quantitative estimate of drug-likeness (QED) is 0.583. The van der Waals surface area contributed by atoms with E-state index in [2.05, 4.69) is 5.32 Å². The van der Waals surface area contributed by atoms with Crippen LogP contribution in [0.4, 0.5) is 0 Å². The van der Waals surface area contributed by atoms with Crippen LogP contribution in [0.15, 0.2) is 0 Å². The Labute approximate surface area is 72.8 Å². The highest BCUT2D eigenvalue weighted by Gasteiger charge is 2.15. The minimum Gasteiger partial charge on any atom is -0.396 e. The van der Waals surface area contributed by atoms with E-state index in [-0.39, 0.29) is 0 Å². The van der Waals surface area contributed by atoms with Crippen molar-refractivity contribution in [1.29, 1.82) is 0 Å². The fourth-order valence-corrected chi connectivity index (χ4v) is 2.18. The van der Waals surface area contributed by atoms with Crippen molar-refractivity contribution in [3.05, 3.63) is 0 Å². The third-order valence-electron chi connectivity index (χ3n) is 1.92. The second-order valence-corrected chi connectivity index (χ2v) is 4.18. The van der Waals surface area contributed by atoms with Crippen LogP contribution in [0.2, 0.25) is 0 Å². The molecule has 0 unspecified atom stereocenters. The molecule has 1 rings (SSSR count). The fraction of sp³-hybridized carbons (Fsp3) is 1.00. The molecule has 0 amide bonds. The molecule has 1 fully saturated rings. The molecule has 0 atom stereocenters. The Morgan fingerprint density at radius 3 is 2.73 bits per heavy atom. The molecule has 0 aromatic rings. The normalized spacial score (nSPS) is 18.3. The van der Waals surface area contributed by atoms with Crippen LogP contribution in [0.3, 0.4) is 0 Å². The molecular weight excluding hydrogens is 158 g/mol. The lowest BCUT2D eigenvalue weighted by atomic mass is 10.1. The van der Waals surface area contributed by atoms with Gasteiger partial charge in [0.05, 0.1) is 0 Å². The van der Waals surface area contributed by atoms with Crippen LogP contribution in [0.5, 0.6) is 0 Å². The Morgan fingerprint density at radius 1 is 1.36 bits per heavy atom. The number of thioether (sulfide) groups is 1. The summed E-state index contributed by atoms with van der Waals surface area (Å²) in [4.78, 5) is 0. The molecule has 2 N–H and O–H groups in total. The Balaban J connectivity index is 1.73. The number of unbranched alkanes of at least 4 members (excludes halogenated alkanes) is 1. The highest BCUT2D eigenvalue weighted by molar-refractivity contribution is 7.99. The average molecular weight is 175 g/mol. The summed E-state index contributed by atoms with van der Waals surface area (Å²) in [6.45, 7) is 2.78. The van der Waals surface area contributed by atoms with Crippen LogP contribution in [0.1, 0.15) is 12.8 Å². The van der Waals surface area contributed by atoms with Gasteiger partial charge in [-0.2, -0.15) is 11.8 Å². The van der Waals surface area contributed by atoms with E-state index in [0.717, 1.165) is 12.3 Å². The van der Waals surface area contributed by atoms with Crippen molar-refractivity contribution in [3.8, 4) is 0 Å². The number of aliphatic hydroxyl groups is 1. The third kappa shape index (κ3) is 3.99. The number of hydrogen-bond donors (Lipinski definition) is 2. The molecule has 1 aliphatic heterocycles. The van der Waals surface area contributed by atoms with Crippen molar-refractivity contribution < 1.29 is 5.11 Å². The first-order valence-electron chi connectivity index (χ1n) is 4.33. The number of nitrogens with one attached hydrogen (secondary N) is 1. The molecule has 0 aliphatic carbocycles. The van der Waals surface area contributed by atoms with E-state index in [9.17, 15) is 0 Å². The second-order valence-electron chi connectivity index (χ2n) is 3.03. The molecule has 66 valence electrons. The monoisotopic (exact) mass is 175 g/mol. The molecular formula is C8H17NOS. The maximum Gasteiger partial charge on any atom is 0.0431 e.